The molecule has 1 heterocycles. The molecule has 0 amide bonds. The summed E-state index contributed by atoms with van der Waals surface area (Å²) in [4.78, 5) is 12.1. The number of aromatic nitrogens is 1. The van der Waals surface area contributed by atoms with Gasteiger partial charge in [0.1, 0.15) is 0 Å². The lowest BCUT2D eigenvalue weighted by Crippen LogP contribution is -2.34. The lowest BCUT2D eigenvalue weighted by molar-refractivity contribution is -0.685. The van der Waals surface area contributed by atoms with Gasteiger partial charge in [0.2, 0.25) is 11.2 Å². The Kier molecular flexibility index (Phi) is 4.56. The Morgan fingerprint density at radius 3 is 2.41 bits per heavy atom. The molecule has 0 N–H and O–H groups in total. The first kappa shape index (κ1) is 14.4. The van der Waals surface area contributed by atoms with Crippen LogP contribution in [0.15, 0.2) is 77.6 Å². The smallest absolute Gasteiger partial charge is 0.225 e. The Bertz CT molecular complexity index is 775. The number of allylic oxidation sites excluding steroid dienone is 1. The second-order valence-electron chi connectivity index (χ2n) is 4.96. The Balaban J connectivity index is 1.75. The number of carbonyl (C=O) groups is 1. The van der Waals surface area contributed by atoms with E-state index in [0.29, 0.717) is 5.56 Å². The first-order valence-corrected chi connectivity index (χ1v) is 8.04. The number of hydrogen-bond acceptors (Lipinski definition) is 2. The lowest BCUT2D eigenvalue weighted by Gasteiger charge is -1.96. The van der Waals surface area contributed by atoms with E-state index in [0.717, 1.165) is 12.2 Å². The second kappa shape index (κ2) is 6.96. The summed E-state index contributed by atoms with van der Waals surface area (Å²) in [6, 6.07) is 19.6. The van der Waals surface area contributed by atoms with Crippen molar-refractivity contribution in [2.75, 3.05) is 0 Å². The summed E-state index contributed by atoms with van der Waals surface area (Å²) in [5.41, 5.74) is 5.07. The summed E-state index contributed by atoms with van der Waals surface area (Å²) >= 11 is 1.63. The standard InChI is InChI=1S/C19H16NOS/c21-19(17-9-5-2-6-10-17)12-11-18-14-22-15-20(18)13-16-7-3-1-4-8-16/h1-12,14-15H,13H2/q+1/b12-11+. The molecule has 0 atom stereocenters. The van der Waals surface area contributed by atoms with Gasteiger partial charge in [-0.25, -0.2) is 0 Å². The molecule has 0 aliphatic heterocycles. The van der Waals surface area contributed by atoms with Gasteiger partial charge in [0.25, 0.3) is 0 Å². The summed E-state index contributed by atoms with van der Waals surface area (Å²) in [6.45, 7) is 0.809. The molecule has 3 heteroatoms. The number of ketones is 1. The van der Waals surface area contributed by atoms with Crippen LogP contribution in [0.4, 0.5) is 0 Å². The second-order valence-corrected chi connectivity index (χ2v) is 5.68. The molecular formula is C19H16NOS+. The molecule has 2 aromatic carbocycles. The zero-order valence-electron chi connectivity index (χ0n) is 12.1. The predicted molar refractivity (Wildman–Crippen MR) is 89.9 cm³/mol. The number of carbonyl (C=O) groups excluding carboxylic acids is 1. The maximum absolute atomic E-state index is 12.1. The topological polar surface area (TPSA) is 20.9 Å². The third kappa shape index (κ3) is 3.57. The van der Waals surface area contributed by atoms with Crippen LogP contribution < -0.4 is 4.57 Å². The minimum Gasteiger partial charge on any atom is -0.289 e. The van der Waals surface area contributed by atoms with E-state index in [1.165, 1.54) is 5.56 Å². The van der Waals surface area contributed by atoms with Crippen molar-refractivity contribution >= 4 is 23.2 Å². The van der Waals surface area contributed by atoms with Gasteiger partial charge in [0.15, 0.2) is 12.3 Å². The Hall–Kier alpha value is -2.52. The van der Waals surface area contributed by atoms with E-state index >= 15 is 0 Å². The van der Waals surface area contributed by atoms with E-state index < -0.39 is 0 Å². The Labute approximate surface area is 134 Å². The maximum Gasteiger partial charge on any atom is 0.225 e. The fourth-order valence-corrected chi connectivity index (χ4v) is 2.96. The molecule has 0 radical (unpaired) electrons. The van der Waals surface area contributed by atoms with E-state index in [9.17, 15) is 4.79 Å². The van der Waals surface area contributed by atoms with Crippen LogP contribution in [-0.4, -0.2) is 5.78 Å². The minimum absolute atomic E-state index is 0.0260. The number of hydrogen-bond donors (Lipinski definition) is 0. The van der Waals surface area contributed by atoms with Gasteiger partial charge in [-0.3, -0.25) is 4.79 Å². The van der Waals surface area contributed by atoms with Crippen molar-refractivity contribution in [2.45, 2.75) is 6.54 Å². The van der Waals surface area contributed by atoms with Crippen LogP contribution >= 0.6 is 11.3 Å². The number of thiazole rings is 1. The molecule has 0 saturated heterocycles. The molecule has 22 heavy (non-hydrogen) atoms. The van der Waals surface area contributed by atoms with Crippen LogP contribution in [0.5, 0.6) is 0 Å². The van der Waals surface area contributed by atoms with Gasteiger partial charge in [-0.15, -0.1) is 0 Å². The lowest BCUT2D eigenvalue weighted by atomic mass is 10.1. The molecular weight excluding hydrogens is 290 g/mol. The molecule has 3 aromatic rings. The van der Waals surface area contributed by atoms with Crippen molar-refractivity contribution < 1.29 is 9.36 Å². The third-order valence-electron chi connectivity index (χ3n) is 3.37. The molecule has 0 bridgehead atoms. The zero-order chi connectivity index (χ0) is 15.2. The Morgan fingerprint density at radius 2 is 1.68 bits per heavy atom. The maximum atomic E-state index is 12.1. The van der Waals surface area contributed by atoms with E-state index in [1.807, 2.05) is 54.6 Å². The predicted octanol–water partition coefficient (Wildman–Crippen LogP) is 3.98. The minimum atomic E-state index is 0.0260. The molecule has 0 spiro atoms. The van der Waals surface area contributed by atoms with Gasteiger partial charge in [0, 0.05) is 17.2 Å². The number of nitrogens with zero attached hydrogens (tertiary/aromatic N) is 1. The SMILES string of the molecule is O=C(/C=C/c1csc[n+]1Cc1ccccc1)c1ccccc1. The van der Waals surface area contributed by atoms with Gasteiger partial charge in [-0.05, 0) is 6.08 Å². The molecule has 2 nitrogen and oxygen atoms in total. The largest absolute Gasteiger partial charge is 0.289 e. The van der Waals surface area contributed by atoms with Crippen LogP contribution in [-0.2, 0) is 6.54 Å². The van der Waals surface area contributed by atoms with Crippen molar-refractivity contribution in [1.29, 1.82) is 0 Å². The molecule has 0 fully saturated rings. The van der Waals surface area contributed by atoms with Crippen LogP contribution in [0.2, 0.25) is 0 Å². The van der Waals surface area contributed by atoms with Crippen LogP contribution in [0.25, 0.3) is 6.08 Å². The van der Waals surface area contributed by atoms with E-state index in [4.69, 9.17) is 0 Å². The molecule has 3 rings (SSSR count). The van der Waals surface area contributed by atoms with E-state index in [-0.39, 0.29) is 5.78 Å². The number of benzene rings is 2. The van der Waals surface area contributed by atoms with Crippen molar-refractivity contribution in [2.24, 2.45) is 0 Å². The highest BCUT2D eigenvalue weighted by Gasteiger charge is 2.10. The highest BCUT2D eigenvalue weighted by Crippen LogP contribution is 2.07. The van der Waals surface area contributed by atoms with E-state index in [1.54, 1.807) is 17.4 Å². The summed E-state index contributed by atoms with van der Waals surface area (Å²) < 4.78 is 2.15. The monoisotopic (exact) mass is 306 g/mol. The first-order valence-electron chi connectivity index (χ1n) is 7.10. The molecule has 0 saturated carbocycles. The van der Waals surface area contributed by atoms with Gasteiger partial charge in [-0.1, -0.05) is 72.0 Å². The fraction of sp³-hybridized carbons (Fsp3) is 0.0526. The molecule has 0 unspecified atom stereocenters. The number of rotatable bonds is 5. The average Bonchev–Trinajstić information content (AvgIpc) is 3.01. The molecule has 108 valence electrons. The van der Waals surface area contributed by atoms with E-state index in [2.05, 4.69) is 27.6 Å². The van der Waals surface area contributed by atoms with Crippen molar-refractivity contribution in [1.82, 2.24) is 0 Å². The van der Waals surface area contributed by atoms with Gasteiger partial charge >= 0.3 is 0 Å². The van der Waals surface area contributed by atoms with Gasteiger partial charge < -0.3 is 0 Å². The normalized spacial score (nSPS) is 10.9. The molecule has 0 aliphatic rings. The van der Waals surface area contributed by atoms with Gasteiger partial charge in [-0.2, -0.15) is 4.57 Å². The van der Waals surface area contributed by atoms with Crippen LogP contribution in [0, 0.1) is 0 Å². The summed E-state index contributed by atoms with van der Waals surface area (Å²) in [6.07, 6.45) is 3.52. The summed E-state index contributed by atoms with van der Waals surface area (Å²) in [7, 11) is 0. The van der Waals surface area contributed by atoms with Crippen LogP contribution in [0.3, 0.4) is 0 Å². The van der Waals surface area contributed by atoms with Crippen LogP contribution in [0.1, 0.15) is 21.6 Å². The first-order chi connectivity index (χ1) is 10.8. The quantitative estimate of drug-likeness (QED) is 0.397. The average molecular weight is 306 g/mol. The fourth-order valence-electron chi connectivity index (χ4n) is 2.21. The third-order valence-corrected chi connectivity index (χ3v) is 4.12. The summed E-state index contributed by atoms with van der Waals surface area (Å²) in [5.74, 6) is 0.0260. The molecule has 0 aliphatic carbocycles. The highest BCUT2D eigenvalue weighted by atomic mass is 32.1. The van der Waals surface area contributed by atoms with Crippen molar-refractivity contribution in [3.63, 3.8) is 0 Å². The summed E-state index contributed by atoms with van der Waals surface area (Å²) in [5, 5.41) is 2.05. The highest BCUT2D eigenvalue weighted by molar-refractivity contribution is 7.07. The van der Waals surface area contributed by atoms with Gasteiger partial charge in [0.05, 0.1) is 5.38 Å². The van der Waals surface area contributed by atoms with Crippen molar-refractivity contribution in [3.8, 4) is 0 Å². The Morgan fingerprint density at radius 1 is 1.00 bits per heavy atom. The van der Waals surface area contributed by atoms with Crippen molar-refractivity contribution in [3.05, 3.63) is 94.5 Å². The zero-order valence-corrected chi connectivity index (χ0v) is 12.9. The molecule has 1 aromatic heterocycles.